The first-order valence-electron chi connectivity index (χ1n) is 8.94. The molecule has 138 valence electrons. The third-order valence-electron chi connectivity index (χ3n) is 4.46. The van der Waals surface area contributed by atoms with E-state index in [4.69, 9.17) is 0 Å². The minimum Gasteiger partial charge on any atom is -0.325 e. The minimum atomic E-state index is -0.279. The molecule has 3 rings (SSSR count). The van der Waals surface area contributed by atoms with Gasteiger partial charge < -0.3 is 5.32 Å². The summed E-state index contributed by atoms with van der Waals surface area (Å²) in [5, 5.41) is 6.23. The Morgan fingerprint density at radius 3 is 2.26 bits per heavy atom. The van der Waals surface area contributed by atoms with Crippen LogP contribution in [0.4, 0.5) is 10.1 Å². The molecule has 3 aromatic rings. The van der Waals surface area contributed by atoms with Crippen LogP contribution in [0.25, 0.3) is 0 Å². The van der Waals surface area contributed by atoms with E-state index in [2.05, 4.69) is 10.6 Å². The number of nitrogens with one attached hydrogen (secondary N) is 2. The lowest BCUT2D eigenvalue weighted by Crippen LogP contribution is -2.32. The van der Waals surface area contributed by atoms with Crippen LogP contribution in [0.15, 0.2) is 72.8 Å². The van der Waals surface area contributed by atoms with Crippen LogP contribution in [0, 0.1) is 19.7 Å². The van der Waals surface area contributed by atoms with Gasteiger partial charge in [-0.05, 0) is 48.7 Å². The normalized spacial score (nSPS) is 11.8. The van der Waals surface area contributed by atoms with E-state index in [1.165, 1.54) is 12.1 Å². The van der Waals surface area contributed by atoms with Crippen molar-refractivity contribution in [3.63, 3.8) is 0 Å². The zero-order valence-electron chi connectivity index (χ0n) is 15.5. The molecule has 0 heterocycles. The summed E-state index contributed by atoms with van der Waals surface area (Å²) in [6.45, 7) is 4.14. The van der Waals surface area contributed by atoms with Crippen molar-refractivity contribution in [1.29, 1.82) is 0 Å². The van der Waals surface area contributed by atoms with E-state index in [1.807, 2.05) is 62.4 Å². The van der Waals surface area contributed by atoms with Crippen molar-refractivity contribution in [3.05, 3.63) is 101 Å². The highest BCUT2D eigenvalue weighted by molar-refractivity contribution is 5.93. The lowest BCUT2D eigenvalue weighted by atomic mass is 9.98. The van der Waals surface area contributed by atoms with Crippen molar-refractivity contribution < 1.29 is 9.18 Å². The van der Waals surface area contributed by atoms with Crippen LogP contribution in [0.1, 0.15) is 28.3 Å². The van der Waals surface area contributed by atoms with Crippen LogP contribution in [0.3, 0.4) is 0 Å². The van der Waals surface area contributed by atoms with Crippen molar-refractivity contribution in [2.45, 2.75) is 19.9 Å². The fourth-order valence-corrected chi connectivity index (χ4v) is 3.07. The predicted molar refractivity (Wildman–Crippen MR) is 107 cm³/mol. The molecule has 3 nitrogen and oxygen atoms in total. The van der Waals surface area contributed by atoms with Crippen molar-refractivity contribution in [1.82, 2.24) is 5.32 Å². The molecule has 4 heteroatoms. The zero-order chi connectivity index (χ0) is 19.2. The number of carbonyl (C=O) groups excluding carboxylic acids is 1. The number of carbonyl (C=O) groups is 1. The van der Waals surface area contributed by atoms with Gasteiger partial charge in [-0.1, -0.05) is 60.2 Å². The molecular formula is C23H23FN2O. The Labute approximate surface area is 159 Å². The van der Waals surface area contributed by atoms with Crippen LogP contribution in [0.5, 0.6) is 0 Å². The quantitative estimate of drug-likeness (QED) is 0.664. The Bertz CT molecular complexity index is 907. The van der Waals surface area contributed by atoms with Gasteiger partial charge in [0.15, 0.2) is 0 Å². The standard InChI is InChI=1S/C23H23FN2O/c1-16-8-13-21(17(2)14-16)26-22(27)15-25-23(18-6-4-3-5-7-18)19-9-11-20(24)12-10-19/h3-14,23,25H,15H2,1-2H3,(H,26,27). The number of hydrogen-bond acceptors (Lipinski definition) is 2. The largest absolute Gasteiger partial charge is 0.325 e. The maximum Gasteiger partial charge on any atom is 0.238 e. The average Bonchev–Trinajstić information content (AvgIpc) is 2.66. The Balaban J connectivity index is 1.72. The Morgan fingerprint density at radius 2 is 1.59 bits per heavy atom. The lowest BCUT2D eigenvalue weighted by Gasteiger charge is -2.20. The minimum absolute atomic E-state index is 0.120. The molecule has 27 heavy (non-hydrogen) atoms. The summed E-state index contributed by atoms with van der Waals surface area (Å²) in [5.41, 5.74) is 4.92. The molecule has 3 aromatic carbocycles. The maximum atomic E-state index is 13.3. The second-order valence-electron chi connectivity index (χ2n) is 6.64. The van der Waals surface area contributed by atoms with E-state index in [0.717, 1.165) is 27.9 Å². The number of halogens is 1. The molecule has 0 fully saturated rings. The summed E-state index contributed by atoms with van der Waals surface area (Å²) in [5.74, 6) is -0.400. The van der Waals surface area contributed by atoms with E-state index in [1.54, 1.807) is 12.1 Å². The number of rotatable bonds is 6. The third-order valence-corrected chi connectivity index (χ3v) is 4.46. The number of amides is 1. The molecule has 0 bridgehead atoms. The summed E-state index contributed by atoms with van der Waals surface area (Å²) in [4.78, 5) is 12.4. The lowest BCUT2D eigenvalue weighted by molar-refractivity contribution is -0.115. The summed E-state index contributed by atoms with van der Waals surface area (Å²) in [7, 11) is 0. The van der Waals surface area contributed by atoms with Gasteiger partial charge >= 0.3 is 0 Å². The Morgan fingerprint density at radius 1 is 0.926 bits per heavy atom. The van der Waals surface area contributed by atoms with Crippen molar-refractivity contribution in [3.8, 4) is 0 Å². The van der Waals surface area contributed by atoms with Gasteiger partial charge in [0.2, 0.25) is 5.91 Å². The van der Waals surface area contributed by atoms with Crippen molar-refractivity contribution in [2.75, 3.05) is 11.9 Å². The summed E-state index contributed by atoms with van der Waals surface area (Å²) in [6, 6.07) is 21.9. The molecule has 0 saturated heterocycles. The molecular weight excluding hydrogens is 339 g/mol. The molecule has 1 amide bonds. The Kier molecular flexibility index (Phi) is 5.99. The molecule has 0 radical (unpaired) electrons. The average molecular weight is 362 g/mol. The van der Waals surface area contributed by atoms with Crippen LogP contribution in [0.2, 0.25) is 0 Å². The first-order valence-corrected chi connectivity index (χ1v) is 8.94. The maximum absolute atomic E-state index is 13.3. The molecule has 1 atom stereocenters. The molecule has 0 saturated carbocycles. The van der Waals surface area contributed by atoms with Gasteiger partial charge in [-0.3, -0.25) is 10.1 Å². The van der Waals surface area contributed by atoms with E-state index in [0.29, 0.717) is 0 Å². The van der Waals surface area contributed by atoms with Crippen LogP contribution in [-0.4, -0.2) is 12.5 Å². The molecule has 2 N–H and O–H groups in total. The first kappa shape index (κ1) is 18.8. The van der Waals surface area contributed by atoms with E-state index >= 15 is 0 Å². The SMILES string of the molecule is Cc1ccc(NC(=O)CNC(c2ccccc2)c2ccc(F)cc2)c(C)c1. The molecule has 0 spiro atoms. The molecule has 1 unspecified atom stereocenters. The fraction of sp³-hybridized carbons (Fsp3) is 0.174. The van der Waals surface area contributed by atoms with Crippen LogP contribution in [-0.2, 0) is 4.79 Å². The van der Waals surface area contributed by atoms with E-state index in [9.17, 15) is 9.18 Å². The monoisotopic (exact) mass is 362 g/mol. The summed E-state index contributed by atoms with van der Waals surface area (Å²) >= 11 is 0. The highest BCUT2D eigenvalue weighted by Gasteiger charge is 2.15. The van der Waals surface area contributed by atoms with E-state index < -0.39 is 0 Å². The number of hydrogen-bond donors (Lipinski definition) is 2. The Hall–Kier alpha value is -2.98. The van der Waals surface area contributed by atoms with E-state index in [-0.39, 0.29) is 24.3 Å². The second-order valence-corrected chi connectivity index (χ2v) is 6.64. The highest BCUT2D eigenvalue weighted by atomic mass is 19.1. The molecule has 0 aliphatic rings. The van der Waals surface area contributed by atoms with Crippen LogP contribution >= 0.6 is 0 Å². The van der Waals surface area contributed by atoms with Gasteiger partial charge in [0.25, 0.3) is 0 Å². The zero-order valence-corrected chi connectivity index (χ0v) is 15.5. The molecule has 0 aromatic heterocycles. The van der Waals surface area contributed by atoms with Gasteiger partial charge in [-0.15, -0.1) is 0 Å². The van der Waals surface area contributed by atoms with Crippen molar-refractivity contribution in [2.24, 2.45) is 0 Å². The number of anilines is 1. The molecule has 0 aliphatic carbocycles. The summed E-state index contributed by atoms with van der Waals surface area (Å²) in [6.07, 6.45) is 0. The van der Waals surface area contributed by atoms with Gasteiger partial charge in [0, 0.05) is 5.69 Å². The predicted octanol–water partition coefficient (Wildman–Crippen LogP) is 4.76. The smallest absolute Gasteiger partial charge is 0.238 e. The van der Waals surface area contributed by atoms with Gasteiger partial charge in [0.05, 0.1) is 12.6 Å². The highest BCUT2D eigenvalue weighted by Crippen LogP contribution is 2.22. The number of aryl methyl sites for hydroxylation is 2. The second kappa shape index (κ2) is 8.60. The van der Waals surface area contributed by atoms with Gasteiger partial charge in [-0.25, -0.2) is 4.39 Å². The topological polar surface area (TPSA) is 41.1 Å². The number of benzene rings is 3. The van der Waals surface area contributed by atoms with Gasteiger partial charge in [0.1, 0.15) is 5.82 Å². The first-order chi connectivity index (χ1) is 13.0. The molecule has 0 aliphatic heterocycles. The van der Waals surface area contributed by atoms with Gasteiger partial charge in [-0.2, -0.15) is 0 Å². The fourth-order valence-electron chi connectivity index (χ4n) is 3.07. The third kappa shape index (κ3) is 5.02. The van der Waals surface area contributed by atoms with Crippen molar-refractivity contribution >= 4 is 11.6 Å². The summed E-state index contributed by atoms with van der Waals surface area (Å²) < 4.78 is 13.3. The van der Waals surface area contributed by atoms with Crippen LogP contribution < -0.4 is 10.6 Å².